The molecule has 0 saturated heterocycles. The molecule has 0 fully saturated rings. The van der Waals surface area contributed by atoms with E-state index >= 15 is 0 Å². The van der Waals surface area contributed by atoms with Crippen molar-refractivity contribution in [2.75, 3.05) is 39.2 Å². The van der Waals surface area contributed by atoms with Gasteiger partial charge in [-0.2, -0.15) is 0 Å². The topological polar surface area (TPSA) is 114 Å². The first-order chi connectivity index (χ1) is 16.2. The number of benzene rings is 1. The Morgan fingerprint density at radius 1 is 1.21 bits per heavy atom. The molecule has 1 aromatic heterocycles. The van der Waals surface area contributed by atoms with E-state index in [2.05, 4.69) is 15.3 Å². The second-order valence-corrected chi connectivity index (χ2v) is 8.52. The number of anilines is 1. The zero-order valence-corrected chi connectivity index (χ0v) is 20.1. The number of carbonyl (C=O) groups is 3. The SMILES string of the molecule is CO[C@H]1CN(C)C(=O)c2cc(NC(=O)c3cnccn3)ccc2OC[C@@H](C)N(C(C)=O)C[C@H]1C. The van der Waals surface area contributed by atoms with E-state index in [0.29, 0.717) is 30.1 Å². The molecule has 0 spiro atoms. The van der Waals surface area contributed by atoms with E-state index in [1.165, 1.54) is 25.5 Å². The normalized spacial score (nSPS) is 21.6. The van der Waals surface area contributed by atoms with Crippen molar-refractivity contribution in [1.82, 2.24) is 19.8 Å². The molecular weight excluding hydrogens is 438 g/mol. The van der Waals surface area contributed by atoms with Gasteiger partial charge in [0.1, 0.15) is 18.1 Å². The maximum absolute atomic E-state index is 13.4. The van der Waals surface area contributed by atoms with E-state index in [0.717, 1.165) is 0 Å². The lowest BCUT2D eigenvalue weighted by Crippen LogP contribution is -2.48. The van der Waals surface area contributed by atoms with Gasteiger partial charge in [0, 0.05) is 58.2 Å². The van der Waals surface area contributed by atoms with Gasteiger partial charge in [-0.1, -0.05) is 6.92 Å². The predicted molar refractivity (Wildman–Crippen MR) is 126 cm³/mol. The van der Waals surface area contributed by atoms with Gasteiger partial charge in [0.25, 0.3) is 11.8 Å². The van der Waals surface area contributed by atoms with Crippen LogP contribution in [0.15, 0.2) is 36.8 Å². The molecule has 0 aliphatic carbocycles. The number of carbonyl (C=O) groups excluding carboxylic acids is 3. The van der Waals surface area contributed by atoms with Crippen LogP contribution in [-0.2, 0) is 9.53 Å². The summed E-state index contributed by atoms with van der Waals surface area (Å²) in [7, 11) is 3.29. The van der Waals surface area contributed by atoms with E-state index < -0.39 is 5.91 Å². The maximum atomic E-state index is 13.4. The Hall–Kier alpha value is -3.53. The van der Waals surface area contributed by atoms with Crippen molar-refractivity contribution in [2.24, 2.45) is 5.92 Å². The summed E-state index contributed by atoms with van der Waals surface area (Å²) in [4.78, 5) is 49.4. The van der Waals surface area contributed by atoms with Crippen LogP contribution in [0.25, 0.3) is 0 Å². The molecule has 10 heteroatoms. The van der Waals surface area contributed by atoms with Crippen molar-refractivity contribution in [3.05, 3.63) is 48.0 Å². The number of likely N-dealkylation sites (N-methyl/N-ethyl adjacent to an activating group) is 1. The first-order valence-corrected chi connectivity index (χ1v) is 11.1. The maximum Gasteiger partial charge on any atom is 0.275 e. The van der Waals surface area contributed by atoms with E-state index in [9.17, 15) is 14.4 Å². The summed E-state index contributed by atoms with van der Waals surface area (Å²) in [5, 5.41) is 2.74. The average Bonchev–Trinajstić information content (AvgIpc) is 2.83. The number of ether oxygens (including phenoxy) is 2. The fraction of sp³-hybridized carbons (Fsp3) is 0.458. The molecular formula is C24H31N5O5. The molecule has 0 saturated carbocycles. The molecule has 10 nitrogen and oxygen atoms in total. The molecule has 34 heavy (non-hydrogen) atoms. The van der Waals surface area contributed by atoms with Crippen LogP contribution in [0.1, 0.15) is 41.6 Å². The molecule has 3 amide bonds. The number of aromatic nitrogens is 2. The monoisotopic (exact) mass is 469 g/mol. The number of hydrogen-bond acceptors (Lipinski definition) is 7. The standard InChI is InChI=1S/C24H31N5O5/c1-15-12-29(17(3)30)16(2)14-34-21-7-6-18(27-23(31)20-11-25-8-9-26-20)10-19(21)24(32)28(4)13-22(15)33-5/h6-11,15-16,22H,12-14H2,1-5H3,(H,27,31)/t15-,16-,22+/m1/s1. The number of nitrogens with one attached hydrogen (secondary N) is 1. The minimum atomic E-state index is -0.443. The summed E-state index contributed by atoms with van der Waals surface area (Å²) in [6.45, 7) is 6.46. The number of hydrogen-bond donors (Lipinski definition) is 1. The van der Waals surface area contributed by atoms with Gasteiger partial charge in [0.2, 0.25) is 5.91 Å². The van der Waals surface area contributed by atoms with Crippen LogP contribution < -0.4 is 10.1 Å². The van der Waals surface area contributed by atoms with Crippen LogP contribution in [0.4, 0.5) is 5.69 Å². The quantitative estimate of drug-likeness (QED) is 0.732. The highest BCUT2D eigenvalue weighted by Crippen LogP contribution is 2.26. The van der Waals surface area contributed by atoms with Crippen LogP contribution >= 0.6 is 0 Å². The van der Waals surface area contributed by atoms with Crippen LogP contribution in [0, 0.1) is 5.92 Å². The third-order valence-corrected chi connectivity index (χ3v) is 5.90. The lowest BCUT2D eigenvalue weighted by atomic mass is 10.0. The molecule has 2 heterocycles. The fourth-order valence-electron chi connectivity index (χ4n) is 3.90. The molecule has 1 aliphatic rings. The lowest BCUT2D eigenvalue weighted by molar-refractivity contribution is -0.133. The third kappa shape index (κ3) is 5.88. The Morgan fingerprint density at radius 3 is 2.62 bits per heavy atom. The summed E-state index contributed by atoms with van der Waals surface area (Å²) < 4.78 is 11.7. The number of methoxy groups -OCH3 is 1. The molecule has 0 radical (unpaired) electrons. The number of rotatable bonds is 3. The van der Waals surface area contributed by atoms with Gasteiger partial charge in [0.05, 0.1) is 23.9 Å². The summed E-state index contributed by atoms with van der Waals surface area (Å²) >= 11 is 0. The number of amides is 3. The molecule has 182 valence electrons. The van der Waals surface area contributed by atoms with Crippen molar-refractivity contribution in [3.63, 3.8) is 0 Å². The van der Waals surface area contributed by atoms with Gasteiger partial charge in [-0.25, -0.2) is 4.98 Å². The van der Waals surface area contributed by atoms with Crippen molar-refractivity contribution >= 4 is 23.4 Å². The zero-order chi connectivity index (χ0) is 24.8. The fourth-order valence-corrected chi connectivity index (χ4v) is 3.90. The summed E-state index contributed by atoms with van der Waals surface area (Å²) in [6.07, 6.45) is 4.00. The van der Waals surface area contributed by atoms with Crippen molar-refractivity contribution in [2.45, 2.75) is 32.9 Å². The molecule has 0 bridgehead atoms. The second-order valence-electron chi connectivity index (χ2n) is 8.52. The predicted octanol–water partition coefficient (Wildman–Crippen LogP) is 2.08. The smallest absolute Gasteiger partial charge is 0.275 e. The Kier molecular flexibility index (Phi) is 8.17. The first-order valence-electron chi connectivity index (χ1n) is 11.1. The minimum absolute atomic E-state index is 0.0110. The minimum Gasteiger partial charge on any atom is -0.491 e. The molecule has 3 atom stereocenters. The first kappa shape index (κ1) is 25.1. The van der Waals surface area contributed by atoms with Gasteiger partial charge >= 0.3 is 0 Å². The van der Waals surface area contributed by atoms with Gasteiger partial charge in [-0.15, -0.1) is 0 Å². The average molecular weight is 470 g/mol. The van der Waals surface area contributed by atoms with Crippen molar-refractivity contribution in [3.8, 4) is 5.75 Å². The highest BCUT2D eigenvalue weighted by atomic mass is 16.5. The number of nitrogens with zero attached hydrogens (tertiary/aromatic N) is 4. The van der Waals surface area contributed by atoms with Gasteiger partial charge < -0.3 is 24.6 Å². The molecule has 3 rings (SSSR count). The van der Waals surface area contributed by atoms with Crippen LogP contribution in [0.2, 0.25) is 0 Å². The van der Waals surface area contributed by atoms with E-state index in [1.807, 2.05) is 13.8 Å². The molecule has 1 aromatic carbocycles. The Morgan fingerprint density at radius 2 is 1.97 bits per heavy atom. The van der Waals surface area contributed by atoms with Gasteiger partial charge in [-0.3, -0.25) is 19.4 Å². The van der Waals surface area contributed by atoms with Crippen molar-refractivity contribution in [1.29, 1.82) is 0 Å². The van der Waals surface area contributed by atoms with Crippen molar-refractivity contribution < 1.29 is 23.9 Å². The molecule has 2 aromatic rings. The number of fused-ring (bicyclic) bond motifs is 1. The van der Waals surface area contributed by atoms with Crippen LogP contribution in [0.3, 0.4) is 0 Å². The Labute approximate surface area is 199 Å². The van der Waals surface area contributed by atoms with E-state index in [1.54, 1.807) is 42.2 Å². The van der Waals surface area contributed by atoms with Gasteiger partial charge in [0.15, 0.2) is 0 Å². The van der Waals surface area contributed by atoms with E-state index in [4.69, 9.17) is 9.47 Å². The van der Waals surface area contributed by atoms with Crippen LogP contribution in [-0.4, -0.2) is 83.5 Å². The second kappa shape index (κ2) is 11.1. The highest BCUT2D eigenvalue weighted by Gasteiger charge is 2.29. The highest BCUT2D eigenvalue weighted by molar-refractivity contribution is 6.04. The lowest BCUT2D eigenvalue weighted by Gasteiger charge is -2.35. The van der Waals surface area contributed by atoms with E-state index in [-0.39, 0.29) is 42.2 Å². The Balaban J connectivity index is 1.94. The largest absolute Gasteiger partial charge is 0.491 e. The molecule has 1 N–H and O–H groups in total. The molecule has 1 aliphatic heterocycles. The summed E-state index contributed by atoms with van der Waals surface area (Å²) in [6, 6.07) is 4.65. The van der Waals surface area contributed by atoms with Crippen LogP contribution in [0.5, 0.6) is 5.75 Å². The zero-order valence-electron chi connectivity index (χ0n) is 20.1. The summed E-state index contributed by atoms with van der Waals surface area (Å²) in [5.41, 5.74) is 0.871. The third-order valence-electron chi connectivity index (χ3n) is 5.90. The van der Waals surface area contributed by atoms with Gasteiger partial charge in [-0.05, 0) is 25.1 Å². The summed E-state index contributed by atoms with van der Waals surface area (Å²) in [5.74, 6) is -0.407. The Bertz CT molecular complexity index is 1030. The molecule has 0 unspecified atom stereocenters.